The zero-order valence-electron chi connectivity index (χ0n) is 19.0. The fourth-order valence-electron chi connectivity index (χ4n) is 4.18. The molecule has 2 aliphatic heterocycles. The lowest BCUT2D eigenvalue weighted by molar-refractivity contribution is -0.114. The van der Waals surface area contributed by atoms with Crippen LogP contribution in [0.3, 0.4) is 0 Å². The first kappa shape index (κ1) is 21.6. The van der Waals surface area contributed by atoms with Gasteiger partial charge in [-0.1, -0.05) is 11.8 Å². The molecule has 0 bridgehead atoms. The lowest BCUT2D eigenvalue weighted by Crippen LogP contribution is -2.30. The maximum atomic E-state index is 11.6. The molecular weight excluding hydrogens is 420 g/mol. The van der Waals surface area contributed by atoms with Crippen LogP contribution < -0.4 is 5.32 Å². The number of aryl methyl sites for hydroxylation is 1. The van der Waals surface area contributed by atoms with Crippen LogP contribution in [0.5, 0.6) is 0 Å². The first-order valence-corrected chi connectivity index (χ1v) is 11.0. The number of pyridine rings is 2. The second kappa shape index (κ2) is 8.60. The van der Waals surface area contributed by atoms with E-state index >= 15 is 0 Å². The number of carbonyl (C=O) groups is 1. The van der Waals surface area contributed by atoms with Crippen LogP contribution in [0.4, 0.5) is 5.82 Å². The Balaban J connectivity index is 1.66. The van der Waals surface area contributed by atoms with Gasteiger partial charge in [-0.15, -0.1) is 0 Å². The summed E-state index contributed by atoms with van der Waals surface area (Å²) in [5, 5.41) is 3.66. The molecule has 8 nitrogen and oxygen atoms in total. The summed E-state index contributed by atoms with van der Waals surface area (Å²) in [6, 6.07) is 5.93. The molecule has 0 aromatic carbocycles. The third kappa shape index (κ3) is 4.11. The Morgan fingerprint density at radius 2 is 2.15 bits per heavy atom. The van der Waals surface area contributed by atoms with E-state index in [4.69, 9.17) is 19.2 Å². The summed E-state index contributed by atoms with van der Waals surface area (Å²) < 4.78 is 18.8. The van der Waals surface area contributed by atoms with Crippen molar-refractivity contribution >= 4 is 22.6 Å². The third-order valence-electron chi connectivity index (χ3n) is 6.09. The van der Waals surface area contributed by atoms with Crippen molar-refractivity contribution in [3.8, 4) is 17.7 Å². The Morgan fingerprint density at radius 1 is 1.30 bits per heavy atom. The van der Waals surface area contributed by atoms with Crippen LogP contribution in [0.2, 0.25) is 0 Å². The summed E-state index contributed by atoms with van der Waals surface area (Å²) in [6.07, 6.45) is 4.48. The van der Waals surface area contributed by atoms with E-state index in [1.165, 1.54) is 6.92 Å². The highest BCUT2D eigenvalue weighted by Gasteiger charge is 2.38. The standard InChI is InChI=1S/C25H26N4O4/c1-16-8-22(25(31-3)6-7-32-15-25)28-24(9-16)29-12-19(5-4-18-13-33-14-18)20-11-26-23(10-21(20)29)27-17(2)30/h8-12,18H,6-7,13-15H2,1-3H3,(H,26,27,30). The van der Waals surface area contributed by atoms with Crippen LogP contribution in [0, 0.1) is 24.7 Å². The molecule has 1 atom stereocenters. The number of ether oxygens (including phenoxy) is 3. The predicted molar refractivity (Wildman–Crippen MR) is 123 cm³/mol. The number of nitrogens with one attached hydrogen (secondary N) is 1. The highest BCUT2D eigenvalue weighted by molar-refractivity contribution is 5.93. The van der Waals surface area contributed by atoms with Gasteiger partial charge in [-0.25, -0.2) is 9.97 Å². The van der Waals surface area contributed by atoms with Crippen LogP contribution >= 0.6 is 0 Å². The molecule has 2 saturated heterocycles. The lowest BCUT2D eigenvalue weighted by atomic mass is 9.97. The van der Waals surface area contributed by atoms with Crippen LogP contribution in [0.25, 0.3) is 16.7 Å². The van der Waals surface area contributed by atoms with Crippen LogP contribution in [-0.2, 0) is 24.6 Å². The molecule has 2 aliphatic rings. The number of amides is 1. The van der Waals surface area contributed by atoms with Crippen molar-refractivity contribution in [3.63, 3.8) is 0 Å². The van der Waals surface area contributed by atoms with Crippen molar-refractivity contribution in [1.82, 2.24) is 14.5 Å². The van der Waals surface area contributed by atoms with E-state index in [0.717, 1.165) is 40.0 Å². The molecule has 3 aromatic heterocycles. The van der Waals surface area contributed by atoms with Crippen LogP contribution in [0.1, 0.15) is 30.2 Å². The van der Waals surface area contributed by atoms with Gasteiger partial charge in [-0.3, -0.25) is 9.36 Å². The van der Waals surface area contributed by atoms with E-state index in [-0.39, 0.29) is 11.8 Å². The molecule has 5 heterocycles. The second-order valence-corrected chi connectivity index (χ2v) is 8.57. The smallest absolute Gasteiger partial charge is 0.222 e. The molecule has 0 spiro atoms. The molecule has 1 unspecified atom stereocenters. The van der Waals surface area contributed by atoms with E-state index in [1.807, 2.05) is 29.8 Å². The monoisotopic (exact) mass is 446 g/mol. The summed E-state index contributed by atoms with van der Waals surface area (Å²) in [7, 11) is 1.70. The van der Waals surface area contributed by atoms with Gasteiger partial charge in [0.15, 0.2) is 0 Å². The summed E-state index contributed by atoms with van der Waals surface area (Å²) in [5.74, 6) is 7.87. The van der Waals surface area contributed by atoms with Gasteiger partial charge in [-0.05, 0) is 24.6 Å². The fourth-order valence-corrected chi connectivity index (χ4v) is 4.18. The topological polar surface area (TPSA) is 87.5 Å². The summed E-state index contributed by atoms with van der Waals surface area (Å²) in [6.45, 7) is 5.96. The van der Waals surface area contributed by atoms with Crippen molar-refractivity contribution < 1.29 is 19.0 Å². The van der Waals surface area contributed by atoms with Gasteiger partial charge >= 0.3 is 0 Å². The Labute approximate surface area is 192 Å². The largest absolute Gasteiger partial charge is 0.379 e. The minimum atomic E-state index is -0.556. The summed E-state index contributed by atoms with van der Waals surface area (Å²) in [4.78, 5) is 21.0. The molecule has 0 saturated carbocycles. The molecule has 170 valence electrons. The zero-order chi connectivity index (χ0) is 23.0. The molecule has 2 fully saturated rings. The third-order valence-corrected chi connectivity index (χ3v) is 6.09. The van der Waals surface area contributed by atoms with Crippen molar-refractivity contribution in [2.75, 3.05) is 38.9 Å². The first-order chi connectivity index (χ1) is 16.0. The van der Waals surface area contributed by atoms with Gasteiger partial charge in [0.25, 0.3) is 0 Å². The average molecular weight is 447 g/mol. The Morgan fingerprint density at radius 3 is 2.82 bits per heavy atom. The van der Waals surface area contributed by atoms with E-state index in [1.54, 1.807) is 13.3 Å². The Bertz CT molecular complexity index is 1280. The Kier molecular flexibility index (Phi) is 5.62. The lowest BCUT2D eigenvalue weighted by Gasteiger charge is -2.26. The highest BCUT2D eigenvalue weighted by atomic mass is 16.5. The van der Waals surface area contributed by atoms with E-state index in [0.29, 0.717) is 32.2 Å². The van der Waals surface area contributed by atoms with Gasteiger partial charge in [0.1, 0.15) is 17.2 Å². The van der Waals surface area contributed by atoms with E-state index in [9.17, 15) is 4.79 Å². The quantitative estimate of drug-likeness (QED) is 0.620. The second-order valence-electron chi connectivity index (χ2n) is 8.57. The number of hydrogen-bond acceptors (Lipinski definition) is 6. The molecule has 0 radical (unpaired) electrons. The normalized spacial score (nSPS) is 20.3. The molecule has 1 amide bonds. The number of rotatable bonds is 4. The van der Waals surface area contributed by atoms with Gasteiger partial charge in [-0.2, -0.15) is 0 Å². The van der Waals surface area contributed by atoms with Crippen molar-refractivity contribution in [1.29, 1.82) is 0 Å². The Hall–Kier alpha value is -3.25. The molecule has 0 aliphatic carbocycles. The van der Waals surface area contributed by atoms with E-state index < -0.39 is 5.60 Å². The van der Waals surface area contributed by atoms with Gasteiger partial charge in [0, 0.05) is 50.9 Å². The molecule has 1 N–H and O–H groups in total. The fraction of sp³-hybridized carbons (Fsp3) is 0.400. The number of fused-ring (bicyclic) bond motifs is 1. The SMILES string of the molecule is COC1(c2cc(C)cc(-n3cc(C#CC4COC4)c4cnc(NC(C)=O)cc43)n2)CCOC1. The number of nitrogens with zero attached hydrogens (tertiary/aromatic N) is 3. The number of methoxy groups -OCH3 is 1. The molecule has 3 aromatic rings. The molecule has 8 heteroatoms. The zero-order valence-corrected chi connectivity index (χ0v) is 19.0. The number of aromatic nitrogens is 3. The van der Waals surface area contributed by atoms with Gasteiger partial charge in [0.05, 0.1) is 42.5 Å². The van der Waals surface area contributed by atoms with Crippen molar-refractivity contribution in [2.45, 2.75) is 25.9 Å². The molecule has 33 heavy (non-hydrogen) atoms. The minimum Gasteiger partial charge on any atom is -0.379 e. The highest BCUT2D eigenvalue weighted by Crippen LogP contribution is 2.34. The average Bonchev–Trinajstić information content (AvgIpc) is 3.37. The van der Waals surface area contributed by atoms with Gasteiger partial charge < -0.3 is 19.5 Å². The maximum absolute atomic E-state index is 11.6. The first-order valence-electron chi connectivity index (χ1n) is 11.0. The van der Waals surface area contributed by atoms with Gasteiger partial charge in [0.2, 0.25) is 5.91 Å². The van der Waals surface area contributed by atoms with Crippen LogP contribution in [0.15, 0.2) is 30.6 Å². The minimum absolute atomic E-state index is 0.177. The van der Waals surface area contributed by atoms with E-state index in [2.05, 4.69) is 28.2 Å². The van der Waals surface area contributed by atoms with Crippen molar-refractivity contribution in [3.05, 3.63) is 47.4 Å². The maximum Gasteiger partial charge on any atom is 0.222 e. The number of anilines is 1. The molecule has 5 rings (SSSR count). The summed E-state index contributed by atoms with van der Waals surface area (Å²) >= 11 is 0. The number of hydrogen-bond donors (Lipinski definition) is 1. The van der Waals surface area contributed by atoms with Crippen molar-refractivity contribution in [2.24, 2.45) is 5.92 Å². The van der Waals surface area contributed by atoms with Crippen LogP contribution in [-0.4, -0.2) is 54.0 Å². The number of carbonyl (C=O) groups excluding carboxylic acids is 1. The predicted octanol–water partition coefficient (Wildman–Crippen LogP) is 2.95. The summed E-state index contributed by atoms with van der Waals surface area (Å²) in [5.41, 5.74) is 3.07. The molecular formula is C25H26N4O4.